The molecule has 0 aliphatic carbocycles. The number of nitrogens with zero attached hydrogens (tertiary/aromatic N) is 2. The van der Waals surface area contributed by atoms with Crippen LogP contribution in [-0.4, -0.2) is 27.3 Å². The van der Waals surface area contributed by atoms with Crippen LogP contribution in [0.1, 0.15) is 31.2 Å². The van der Waals surface area contributed by atoms with Crippen LogP contribution in [0.3, 0.4) is 0 Å². The zero-order valence-corrected chi connectivity index (χ0v) is 11.2. The van der Waals surface area contributed by atoms with E-state index in [9.17, 15) is 0 Å². The van der Waals surface area contributed by atoms with Crippen LogP contribution in [0, 0.1) is 0 Å². The minimum absolute atomic E-state index is 0.372. The van der Waals surface area contributed by atoms with Gasteiger partial charge in [0, 0.05) is 36.4 Å². The molecule has 2 aliphatic heterocycles. The van der Waals surface area contributed by atoms with Crippen molar-refractivity contribution in [1.29, 1.82) is 0 Å². The highest BCUT2D eigenvalue weighted by molar-refractivity contribution is 6.31. The number of pyridine rings is 1. The van der Waals surface area contributed by atoms with Crippen molar-refractivity contribution in [3.05, 3.63) is 29.0 Å². The Morgan fingerprint density at radius 3 is 2.65 bits per heavy atom. The minimum atomic E-state index is 0.372. The first-order chi connectivity index (χ1) is 8.24. The Morgan fingerprint density at radius 2 is 2.00 bits per heavy atom. The largest absolute Gasteiger partial charge is 0.293 e. The quantitative estimate of drug-likeness (QED) is 0.766. The average Bonchev–Trinajstić information content (AvgIpc) is 2.56. The van der Waals surface area contributed by atoms with E-state index >= 15 is 0 Å². The van der Waals surface area contributed by atoms with Gasteiger partial charge in [-0.25, -0.2) is 0 Å². The first-order valence-electron chi connectivity index (χ1n) is 6.22. The standard InChI is InChI=1S/C13H16Cl2N2/c14-10-5-11-1-2-12(6-10)17(11)8-9-3-4-16-7-13(9)15/h3-4,7,10-12H,1-2,5-6,8H2. The van der Waals surface area contributed by atoms with Gasteiger partial charge in [-0.1, -0.05) is 11.6 Å². The van der Waals surface area contributed by atoms with E-state index in [4.69, 9.17) is 23.2 Å². The summed E-state index contributed by atoms with van der Waals surface area (Å²) in [4.78, 5) is 6.62. The third-order valence-electron chi connectivity index (χ3n) is 4.04. The second-order valence-corrected chi connectivity index (χ2v) is 6.12. The third-order valence-corrected chi connectivity index (χ3v) is 4.73. The van der Waals surface area contributed by atoms with Crippen LogP contribution >= 0.6 is 23.2 Å². The Bertz CT molecular complexity index is 396. The van der Waals surface area contributed by atoms with Crippen molar-refractivity contribution in [3.63, 3.8) is 0 Å². The highest BCUT2D eigenvalue weighted by Crippen LogP contribution is 2.39. The molecule has 1 aromatic rings. The molecule has 4 heteroatoms. The maximum atomic E-state index is 6.28. The van der Waals surface area contributed by atoms with E-state index in [1.54, 1.807) is 6.20 Å². The molecule has 17 heavy (non-hydrogen) atoms. The number of aromatic nitrogens is 1. The fourth-order valence-electron chi connectivity index (χ4n) is 3.19. The van der Waals surface area contributed by atoms with E-state index in [2.05, 4.69) is 9.88 Å². The van der Waals surface area contributed by atoms with Gasteiger partial charge in [0.25, 0.3) is 0 Å². The van der Waals surface area contributed by atoms with Crippen LogP contribution in [0.15, 0.2) is 18.5 Å². The zero-order valence-electron chi connectivity index (χ0n) is 9.65. The van der Waals surface area contributed by atoms with Crippen molar-refractivity contribution in [2.24, 2.45) is 0 Å². The predicted octanol–water partition coefficient (Wildman–Crippen LogP) is 3.47. The SMILES string of the molecule is Clc1cnccc1CN1C2CCC1CC(Cl)C2. The number of halogens is 2. The average molecular weight is 271 g/mol. The van der Waals surface area contributed by atoms with Gasteiger partial charge in [0.15, 0.2) is 0 Å². The summed E-state index contributed by atoms with van der Waals surface area (Å²) in [5.74, 6) is 0. The van der Waals surface area contributed by atoms with Crippen LogP contribution in [0.25, 0.3) is 0 Å². The fourth-order valence-corrected chi connectivity index (χ4v) is 3.79. The topological polar surface area (TPSA) is 16.1 Å². The maximum absolute atomic E-state index is 6.28. The Hall–Kier alpha value is -0.310. The Labute approximate surface area is 112 Å². The molecule has 3 heterocycles. The molecule has 92 valence electrons. The summed E-state index contributed by atoms with van der Waals surface area (Å²) in [6, 6.07) is 3.33. The Morgan fingerprint density at radius 1 is 1.29 bits per heavy atom. The first-order valence-corrected chi connectivity index (χ1v) is 7.03. The molecule has 0 amide bonds. The lowest BCUT2D eigenvalue weighted by atomic mass is 10.0. The molecule has 2 nitrogen and oxygen atoms in total. The summed E-state index contributed by atoms with van der Waals surface area (Å²) in [6.45, 7) is 0.945. The molecule has 2 saturated heterocycles. The molecule has 2 unspecified atom stereocenters. The smallest absolute Gasteiger partial charge is 0.0634 e. The molecular formula is C13H16Cl2N2. The van der Waals surface area contributed by atoms with Crippen LogP contribution in [0.5, 0.6) is 0 Å². The molecule has 2 bridgehead atoms. The molecule has 2 aliphatic rings. The summed E-state index contributed by atoms with van der Waals surface area (Å²) in [7, 11) is 0. The van der Waals surface area contributed by atoms with Crippen LogP contribution in [0.4, 0.5) is 0 Å². The van der Waals surface area contributed by atoms with Gasteiger partial charge in [-0.3, -0.25) is 9.88 Å². The highest BCUT2D eigenvalue weighted by Gasteiger charge is 2.39. The number of piperidine rings is 1. The van der Waals surface area contributed by atoms with Gasteiger partial charge in [-0.05, 0) is 37.3 Å². The van der Waals surface area contributed by atoms with Crippen molar-refractivity contribution >= 4 is 23.2 Å². The molecule has 0 saturated carbocycles. The van der Waals surface area contributed by atoms with Crippen LogP contribution in [-0.2, 0) is 6.54 Å². The number of hydrogen-bond donors (Lipinski definition) is 0. The van der Waals surface area contributed by atoms with Gasteiger partial charge in [0.2, 0.25) is 0 Å². The van der Waals surface area contributed by atoms with E-state index < -0.39 is 0 Å². The van der Waals surface area contributed by atoms with Gasteiger partial charge in [-0.15, -0.1) is 11.6 Å². The number of rotatable bonds is 2. The van der Waals surface area contributed by atoms with E-state index in [0.717, 1.165) is 24.4 Å². The molecule has 2 fully saturated rings. The summed E-state index contributed by atoms with van der Waals surface area (Å²) in [5, 5.41) is 1.15. The monoisotopic (exact) mass is 270 g/mol. The lowest BCUT2D eigenvalue weighted by molar-refractivity contribution is 0.134. The van der Waals surface area contributed by atoms with Crippen molar-refractivity contribution in [1.82, 2.24) is 9.88 Å². The Balaban J connectivity index is 1.76. The minimum Gasteiger partial charge on any atom is -0.293 e. The summed E-state index contributed by atoms with van der Waals surface area (Å²) in [6.07, 6.45) is 8.37. The highest BCUT2D eigenvalue weighted by atomic mass is 35.5. The van der Waals surface area contributed by atoms with E-state index in [1.165, 1.54) is 18.4 Å². The molecule has 0 aromatic carbocycles. The first kappa shape index (κ1) is 11.8. The lowest BCUT2D eigenvalue weighted by Gasteiger charge is -2.37. The van der Waals surface area contributed by atoms with Gasteiger partial charge < -0.3 is 0 Å². The summed E-state index contributed by atoms with van der Waals surface area (Å²) >= 11 is 12.5. The van der Waals surface area contributed by atoms with Crippen LogP contribution < -0.4 is 0 Å². The van der Waals surface area contributed by atoms with Crippen LogP contribution in [0.2, 0.25) is 5.02 Å². The number of alkyl halides is 1. The second-order valence-electron chi connectivity index (χ2n) is 5.09. The van der Waals surface area contributed by atoms with Gasteiger partial charge in [0.05, 0.1) is 5.02 Å². The van der Waals surface area contributed by atoms with Crippen molar-refractivity contribution < 1.29 is 0 Å². The second kappa shape index (κ2) is 4.75. The van der Waals surface area contributed by atoms with Gasteiger partial charge in [-0.2, -0.15) is 0 Å². The molecular weight excluding hydrogens is 255 g/mol. The summed E-state index contributed by atoms with van der Waals surface area (Å²) < 4.78 is 0. The van der Waals surface area contributed by atoms with E-state index in [1.807, 2.05) is 12.3 Å². The fraction of sp³-hybridized carbons (Fsp3) is 0.615. The van der Waals surface area contributed by atoms with Crippen molar-refractivity contribution in [2.75, 3.05) is 0 Å². The predicted molar refractivity (Wildman–Crippen MR) is 70.5 cm³/mol. The number of hydrogen-bond acceptors (Lipinski definition) is 2. The van der Waals surface area contributed by atoms with E-state index in [0.29, 0.717) is 17.5 Å². The molecule has 3 rings (SSSR count). The zero-order chi connectivity index (χ0) is 11.8. The van der Waals surface area contributed by atoms with Gasteiger partial charge >= 0.3 is 0 Å². The molecule has 0 radical (unpaired) electrons. The Kier molecular flexibility index (Phi) is 3.29. The summed E-state index contributed by atoms with van der Waals surface area (Å²) in [5.41, 5.74) is 1.19. The maximum Gasteiger partial charge on any atom is 0.0634 e. The molecule has 0 N–H and O–H groups in total. The molecule has 0 spiro atoms. The van der Waals surface area contributed by atoms with Gasteiger partial charge in [0.1, 0.15) is 0 Å². The third kappa shape index (κ3) is 2.31. The molecule has 2 atom stereocenters. The molecule has 1 aromatic heterocycles. The number of fused-ring (bicyclic) bond motifs is 2. The van der Waals surface area contributed by atoms with E-state index in [-0.39, 0.29) is 0 Å². The lowest BCUT2D eigenvalue weighted by Crippen LogP contribution is -2.42. The van der Waals surface area contributed by atoms with Crippen molar-refractivity contribution in [3.8, 4) is 0 Å². The van der Waals surface area contributed by atoms with Crippen molar-refractivity contribution in [2.45, 2.75) is 49.7 Å². The normalized spacial score (nSPS) is 32.9.